The largest absolute Gasteiger partial charge is 0.478 e. The molecule has 0 aromatic heterocycles. The molecule has 1 heterocycles. The zero-order chi connectivity index (χ0) is 19.4. The lowest BCUT2D eigenvalue weighted by Crippen LogP contribution is -2.20. The maximum Gasteiger partial charge on any atom is 0.335 e. The molecule has 1 saturated heterocycles. The number of anilines is 1. The lowest BCUT2D eigenvalue weighted by Gasteiger charge is -2.15. The number of benzene rings is 2. The predicted molar refractivity (Wildman–Crippen MR) is 105 cm³/mol. The Morgan fingerprint density at radius 2 is 1.81 bits per heavy atom. The predicted octanol–water partition coefficient (Wildman–Crippen LogP) is 3.38. The van der Waals surface area contributed by atoms with Crippen molar-refractivity contribution in [2.24, 2.45) is 0 Å². The molecule has 2 aromatic carbocycles. The van der Waals surface area contributed by atoms with Crippen molar-refractivity contribution in [1.29, 1.82) is 0 Å². The summed E-state index contributed by atoms with van der Waals surface area (Å²) in [6.07, 6.45) is 2.28. The number of sulfonamides is 1. The van der Waals surface area contributed by atoms with Gasteiger partial charge in [-0.1, -0.05) is 19.1 Å². The van der Waals surface area contributed by atoms with Crippen molar-refractivity contribution < 1.29 is 18.3 Å². The number of carboxylic acid groups (broad SMARTS) is 1. The Morgan fingerprint density at radius 3 is 2.41 bits per heavy atom. The smallest absolute Gasteiger partial charge is 0.335 e. The van der Waals surface area contributed by atoms with E-state index in [2.05, 4.69) is 16.5 Å². The van der Waals surface area contributed by atoms with Gasteiger partial charge in [0.1, 0.15) is 0 Å². The van der Waals surface area contributed by atoms with Crippen molar-refractivity contribution in [2.75, 3.05) is 24.4 Å². The highest BCUT2D eigenvalue weighted by atomic mass is 32.2. The molecule has 7 heteroatoms. The van der Waals surface area contributed by atoms with Crippen LogP contribution in [0.1, 0.15) is 41.6 Å². The number of aromatic carboxylic acids is 1. The Kier molecular flexibility index (Phi) is 5.82. The Labute approximate surface area is 159 Å². The van der Waals surface area contributed by atoms with Crippen LogP contribution in [0, 0.1) is 0 Å². The van der Waals surface area contributed by atoms with E-state index in [0.717, 1.165) is 32.5 Å². The van der Waals surface area contributed by atoms with Gasteiger partial charge in [0, 0.05) is 12.2 Å². The summed E-state index contributed by atoms with van der Waals surface area (Å²) >= 11 is 0. The van der Waals surface area contributed by atoms with E-state index in [4.69, 9.17) is 5.11 Å². The van der Waals surface area contributed by atoms with E-state index in [9.17, 15) is 13.2 Å². The molecule has 0 spiro atoms. The number of carbonyl (C=O) groups is 1. The van der Waals surface area contributed by atoms with Crippen LogP contribution in [0.4, 0.5) is 5.69 Å². The molecule has 27 heavy (non-hydrogen) atoms. The molecule has 0 amide bonds. The second-order valence-electron chi connectivity index (χ2n) is 6.84. The normalized spacial score (nSPS) is 17.7. The molecule has 2 N–H and O–H groups in total. The Hall–Kier alpha value is -2.38. The number of nitrogens with zero attached hydrogens (tertiary/aromatic N) is 1. The second kappa shape index (κ2) is 8.10. The van der Waals surface area contributed by atoms with Crippen LogP contribution in [0.2, 0.25) is 0 Å². The van der Waals surface area contributed by atoms with Crippen LogP contribution in [0.25, 0.3) is 0 Å². The fourth-order valence-corrected chi connectivity index (χ4v) is 4.50. The molecule has 0 aliphatic carbocycles. The van der Waals surface area contributed by atoms with Gasteiger partial charge in [-0.25, -0.2) is 13.2 Å². The molecule has 144 valence electrons. The zero-order valence-electron chi connectivity index (χ0n) is 15.3. The van der Waals surface area contributed by atoms with Crippen LogP contribution in [0.15, 0.2) is 53.4 Å². The van der Waals surface area contributed by atoms with Gasteiger partial charge in [-0.05, 0) is 73.8 Å². The Morgan fingerprint density at radius 1 is 1.15 bits per heavy atom. The number of rotatable bonds is 7. The van der Waals surface area contributed by atoms with Crippen molar-refractivity contribution in [1.82, 2.24) is 4.90 Å². The van der Waals surface area contributed by atoms with Crippen molar-refractivity contribution in [3.05, 3.63) is 59.7 Å². The molecule has 2 aromatic rings. The topological polar surface area (TPSA) is 86.7 Å². The van der Waals surface area contributed by atoms with Gasteiger partial charge in [0.05, 0.1) is 10.5 Å². The fraction of sp³-hybridized carbons (Fsp3) is 0.350. The first-order valence-electron chi connectivity index (χ1n) is 9.07. The first kappa shape index (κ1) is 19.4. The first-order chi connectivity index (χ1) is 12.9. The monoisotopic (exact) mass is 388 g/mol. The molecule has 1 fully saturated rings. The lowest BCUT2D eigenvalue weighted by molar-refractivity contribution is 0.0696. The molecule has 6 nitrogen and oxygen atoms in total. The molecule has 0 bridgehead atoms. The average molecular weight is 388 g/mol. The molecular formula is C20H24N2O4S. The molecular weight excluding hydrogens is 364 g/mol. The van der Waals surface area contributed by atoms with Gasteiger partial charge in [-0.15, -0.1) is 0 Å². The van der Waals surface area contributed by atoms with Crippen LogP contribution in [-0.4, -0.2) is 44.0 Å². The van der Waals surface area contributed by atoms with Crippen molar-refractivity contribution in [3.8, 4) is 0 Å². The van der Waals surface area contributed by atoms with Gasteiger partial charge < -0.3 is 10.0 Å². The van der Waals surface area contributed by atoms with Gasteiger partial charge in [0.25, 0.3) is 10.0 Å². The van der Waals surface area contributed by atoms with Crippen molar-refractivity contribution in [2.45, 2.75) is 30.6 Å². The molecule has 1 atom stereocenters. The van der Waals surface area contributed by atoms with Gasteiger partial charge in [0.15, 0.2) is 0 Å². The molecule has 1 aliphatic rings. The summed E-state index contributed by atoms with van der Waals surface area (Å²) in [6, 6.07) is 12.7. The summed E-state index contributed by atoms with van der Waals surface area (Å²) < 4.78 is 27.5. The van der Waals surface area contributed by atoms with Gasteiger partial charge in [0.2, 0.25) is 0 Å². The van der Waals surface area contributed by atoms with E-state index in [1.54, 1.807) is 12.1 Å². The molecule has 3 rings (SSSR count). The maximum atomic E-state index is 12.5. The van der Waals surface area contributed by atoms with Gasteiger partial charge in [-0.2, -0.15) is 0 Å². The SMILES string of the molecule is CCCN1CCC(c2ccc(NS(=O)(=O)c3ccc(C(=O)O)cc3)cc2)C1. The first-order valence-corrected chi connectivity index (χ1v) is 10.6. The highest BCUT2D eigenvalue weighted by Gasteiger charge is 2.23. The Bertz CT molecular complexity index is 893. The third-order valence-corrected chi connectivity index (χ3v) is 6.26. The maximum absolute atomic E-state index is 12.5. The number of likely N-dealkylation sites (tertiary alicyclic amines) is 1. The highest BCUT2D eigenvalue weighted by Crippen LogP contribution is 2.28. The van der Waals surface area contributed by atoms with E-state index in [-0.39, 0.29) is 10.5 Å². The lowest BCUT2D eigenvalue weighted by atomic mass is 9.98. The quantitative estimate of drug-likeness (QED) is 0.759. The van der Waals surface area contributed by atoms with Gasteiger partial charge in [-0.3, -0.25) is 4.72 Å². The van der Waals surface area contributed by atoms with Crippen molar-refractivity contribution >= 4 is 21.7 Å². The summed E-state index contributed by atoms with van der Waals surface area (Å²) in [4.78, 5) is 13.4. The number of hydrogen-bond acceptors (Lipinski definition) is 4. The summed E-state index contributed by atoms with van der Waals surface area (Å²) in [6.45, 7) is 5.46. The summed E-state index contributed by atoms with van der Waals surface area (Å²) in [7, 11) is -3.75. The van der Waals surface area contributed by atoms with Crippen LogP contribution < -0.4 is 4.72 Å². The summed E-state index contributed by atoms with van der Waals surface area (Å²) in [5, 5.41) is 8.91. The van der Waals surface area contributed by atoms with Crippen molar-refractivity contribution in [3.63, 3.8) is 0 Å². The minimum Gasteiger partial charge on any atom is -0.478 e. The third kappa shape index (κ3) is 4.67. The van der Waals surface area contributed by atoms with Crippen LogP contribution in [0.3, 0.4) is 0 Å². The number of hydrogen-bond donors (Lipinski definition) is 2. The standard InChI is InChI=1S/C20H24N2O4S/c1-2-12-22-13-11-17(14-22)15-3-7-18(8-4-15)21-27(25,26)19-9-5-16(6-10-19)20(23)24/h3-10,17,21H,2,11-14H2,1H3,(H,23,24). The van der Waals surface area contributed by atoms with Crippen LogP contribution in [-0.2, 0) is 10.0 Å². The van der Waals surface area contributed by atoms with E-state index < -0.39 is 16.0 Å². The fourth-order valence-electron chi connectivity index (χ4n) is 3.44. The molecule has 1 aliphatic heterocycles. The van der Waals surface area contributed by atoms with E-state index in [0.29, 0.717) is 11.6 Å². The highest BCUT2D eigenvalue weighted by molar-refractivity contribution is 7.92. The van der Waals surface area contributed by atoms with E-state index >= 15 is 0 Å². The summed E-state index contributed by atoms with van der Waals surface area (Å²) in [5.74, 6) is -0.599. The minimum absolute atomic E-state index is 0.0302. The summed E-state index contributed by atoms with van der Waals surface area (Å²) in [5.41, 5.74) is 1.76. The van der Waals surface area contributed by atoms with Crippen LogP contribution in [0.5, 0.6) is 0 Å². The zero-order valence-corrected chi connectivity index (χ0v) is 16.1. The Balaban J connectivity index is 1.67. The minimum atomic E-state index is -3.75. The van der Waals surface area contributed by atoms with E-state index in [1.165, 1.54) is 29.8 Å². The molecule has 1 unspecified atom stereocenters. The average Bonchev–Trinajstić information content (AvgIpc) is 3.11. The number of nitrogens with one attached hydrogen (secondary N) is 1. The van der Waals surface area contributed by atoms with Gasteiger partial charge >= 0.3 is 5.97 Å². The van der Waals surface area contributed by atoms with E-state index in [1.807, 2.05) is 12.1 Å². The molecule has 0 radical (unpaired) electrons. The second-order valence-corrected chi connectivity index (χ2v) is 8.53. The van der Waals surface area contributed by atoms with Crippen LogP contribution >= 0.6 is 0 Å². The third-order valence-electron chi connectivity index (χ3n) is 4.86. The molecule has 0 saturated carbocycles. The number of carboxylic acids is 1.